The van der Waals surface area contributed by atoms with E-state index in [0.717, 1.165) is 53.9 Å². The standard InChI is InChI=1S/C20H27N3O2/c1-14(24)13-22-8-10-23(11-9-22)20(25)12-18-15(2)17-6-4-5-7-19(17)21-16(18)3/h4-7,14,24H,8-13H2,1-3H3/t14-/m1/s1. The zero-order valence-corrected chi connectivity index (χ0v) is 15.3. The van der Waals surface area contributed by atoms with Gasteiger partial charge >= 0.3 is 0 Å². The summed E-state index contributed by atoms with van der Waals surface area (Å²) >= 11 is 0. The van der Waals surface area contributed by atoms with Crippen molar-refractivity contribution in [2.24, 2.45) is 0 Å². The molecule has 0 unspecified atom stereocenters. The molecule has 1 aromatic carbocycles. The van der Waals surface area contributed by atoms with Gasteiger partial charge in [0.05, 0.1) is 18.0 Å². The van der Waals surface area contributed by atoms with Gasteiger partial charge in [-0.15, -0.1) is 0 Å². The summed E-state index contributed by atoms with van der Waals surface area (Å²) in [4.78, 5) is 21.6. The molecule has 5 heteroatoms. The summed E-state index contributed by atoms with van der Waals surface area (Å²) < 4.78 is 0. The van der Waals surface area contributed by atoms with Crippen LogP contribution in [0.1, 0.15) is 23.7 Å². The number of nitrogens with zero attached hydrogens (tertiary/aromatic N) is 3. The van der Waals surface area contributed by atoms with Crippen LogP contribution in [0, 0.1) is 13.8 Å². The van der Waals surface area contributed by atoms with Crippen molar-refractivity contribution in [2.45, 2.75) is 33.3 Å². The SMILES string of the molecule is Cc1nc2ccccc2c(C)c1CC(=O)N1CCN(C[C@@H](C)O)CC1. The van der Waals surface area contributed by atoms with Crippen molar-refractivity contribution in [1.82, 2.24) is 14.8 Å². The van der Waals surface area contributed by atoms with Crippen molar-refractivity contribution in [1.29, 1.82) is 0 Å². The number of carbonyl (C=O) groups is 1. The van der Waals surface area contributed by atoms with E-state index in [0.29, 0.717) is 13.0 Å². The van der Waals surface area contributed by atoms with Crippen LogP contribution in [-0.4, -0.2) is 64.6 Å². The molecule has 0 saturated carbocycles. The fraction of sp³-hybridized carbons (Fsp3) is 0.500. The van der Waals surface area contributed by atoms with Crippen LogP contribution in [0.5, 0.6) is 0 Å². The van der Waals surface area contributed by atoms with Gasteiger partial charge in [-0.1, -0.05) is 18.2 Å². The Morgan fingerprint density at radius 2 is 1.88 bits per heavy atom. The molecule has 1 atom stereocenters. The first-order chi connectivity index (χ1) is 12.0. The van der Waals surface area contributed by atoms with Crippen LogP contribution in [0.25, 0.3) is 10.9 Å². The Labute approximate surface area is 149 Å². The molecule has 0 radical (unpaired) electrons. The Kier molecular flexibility index (Phi) is 5.35. The van der Waals surface area contributed by atoms with E-state index < -0.39 is 0 Å². The number of hydrogen-bond donors (Lipinski definition) is 1. The molecule has 1 N–H and O–H groups in total. The molecule has 1 aliphatic heterocycles. The van der Waals surface area contributed by atoms with Crippen molar-refractivity contribution < 1.29 is 9.90 Å². The van der Waals surface area contributed by atoms with E-state index in [-0.39, 0.29) is 12.0 Å². The highest BCUT2D eigenvalue weighted by molar-refractivity contribution is 5.86. The van der Waals surface area contributed by atoms with Gasteiger partial charge in [-0.3, -0.25) is 14.7 Å². The molecular weight excluding hydrogens is 314 g/mol. The van der Waals surface area contributed by atoms with Crippen LogP contribution in [0.3, 0.4) is 0 Å². The lowest BCUT2D eigenvalue weighted by atomic mass is 9.99. The average Bonchev–Trinajstić information content (AvgIpc) is 2.58. The molecule has 2 aromatic rings. The molecule has 1 aliphatic rings. The van der Waals surface area contributed by atoms with E-state index >= 15 is 0 Å². The molecular formula is C20H27N3O2. The van der Waals surface area contributed by atoms with E-state index in [1.54, 1.807) is 6.92 Å². The van der Waals surface area contributed by atoms with Gasteiger partial charge in [0.1, 0.15) is 0 Å². The number of aliphatic hydroxyl groups excluding tert-OH is 1. The second kappa shape index (κ2) is 7.50. The Morgan fingerprint density at radius 1 is 1.20 bits per heavy atom. The summed E-state index contributed by atoms with van der Waals surface area (Å²) in [6.07, 6.45) is 0.0857. The summed E-state index contributed by atoms with van der Waals surface area (Å²) in [6, 6.07) is 8.09. The second-order valence-corrected chi connectivity index (χ2v) is 7.03. The van der Waals surface area contributed by atoms with Gasteiger partial charge in [-0.25, -0.2) is 0 Å². The van der Waals surface area contributed by atoms with Crippen LogP contribution in [0.15, 0.2) is 24.3 Å². The van der Waals surface area contributed by atoms with E-state index in [2.05, 4.69) is 22.9 Å². The Hall–Kier alpha value is -1.98. The number of aliphatic hydroxyl groups is 1. The van der Waals surface area contributed by atoms with Gasteiger partial charge < -0.3 is 10.0 Å². The Balaban J connectivity index is 1.71. The van der Waals surface area contributed by atoms with Gasteiger partial charge in [0.25, 0.3) is 0 Å². The maximum atomic E-state index is 12.8. The number of amides is 1. The molecule has 0 aliphatic carbocycles. The number of aryl methyl sites for hydroxylation is 2. The molecule has 1 amide bonds. The Bertz CT molecular complexity index is 765. The molecule has 0 bridgehead atoms. The number of fused-ring (bicyclic) bond motifs is 1. The first-order valence-electron chi connectivity index (χ1n) is 8.98. The molecule has 1 aromatic heterocycles. The summed E-state index contributed by atoms with van der Waals surface area (Å²) in [5.74, 6) is 0.167. The molecule has 134 valence electrons. The van der Waals surface area contributed by atoms with E-state index in [1.807, 2.05) is 30.0 Å². The van der Waals surface area contributed by atoms with Gasteiger partial charge in [0, 0.05) is 43.8 Å². The number of pyridine rings is 1. The second-order valence-electron chi connectivity index (χ2n) is 7.03. The van der Waals surface area contributed by atoms with Gasteiger partial charge in [-0.2, -0.15) is 0 Å². The Morgan fingerprint density at radius 3 is 2.56 bits per heavy atom. The molecule has 2 heterocycles. The molecule has 3 rings (SSSR count). The predicted octanol–water partition coefficient (Wildman–Crippen LogP) is 1.92. The summed E-state index contributed by atoms with van der Waals surface area (Å²) in [5, 5.41) is 10.6. The van der Waals surface area contributed by atoms with Crippen LogP contribution < -0.4 is 0 Å². The highest BCUT2D eigenvalue weighted by Crippen LogP contribution is 2.23. The van der Waals surface area contributed by atoms with E-state index in [4.69, 9.17) is 0 Å². The molecule has 1 saturated heterocycles. The zero-order chi connectivity index (χ0) is 18.0. The van der Waals surface area contributed by atoms with Crippen LogP contribution in [0.2, 0.25) is 0 Å². The number of aromatic nitrogens is 1. The lowest BCUT2D eigenvalue weighted by Crippen LogP contribution is -2.50. The van der Waals surface area contributed by atoms with Crippen LogP contribution >= 0.6 is 0 Å². The third-order valence-corrected chi connectivity index (χ3v) is 5.06. The number of β-amino-alcohol motifs (C(OH)–C–C–N with tert-alkyl or cyclic N) is 1. The summed E-state index contributed by atoms with van der Waals surface area (Å²) in [6.45, 7) is 9.65. The van der Waals surface area contributed by atoms with E-state index in [9.17, 15) is 9.90 Å². The first-order valence-corrected chi connectivity index (χ1v) is 8.98. The largest absolute Gasteiger partial charge is 0.392 e. The van der Waals surface area contributed by atoms with Crippen LogP contribution in [0.4, 0.5) is 0 Å². The minimum atomic E-state index is -0.323. The smallest absolute Gasteiger partial charge is 0.227 e. The van der Waals surface area contributed by atoms with Crippen molar-refractivity contribution >= 4 is 16.8 Å². The van der Waals surface area contributed by atoms with Gasteiger partial charge in [-0.05, 0) is 38.0 Å². The van der Waals surface area contributed by atoms with Crippen molar-refractivity contribution in [2.75, 3.05) is 32.7 Å². The highest BCUT2D eigenvalue weighted by Gasteiger charge is 2.23. The van der Waals surface area contributed by atoms with Gasteiger partial charge in [0.2, 0.25) is 5.91 Å². The van der Waals surface area contributed by atoms with Crippen molar-refractivity contribution in [3.8, 4) is 0 Å². The summed E-state index contributed by atoms with van der Waals surface area (Å²) in [5.41, 5.74) is 4.14. The number of rotatable bonds is 4. The number of benzene rings is 1. The quantitative estimate of drug-likeness (QED) is 0.923. The molecule has 0 spiro atoms. The highest BCUT2D eigenvalue weighted by atomic mass is 16.3. The van der Waals surface area contributed by atoms with E-state index in [1.165, 1.54) is 0 Å². The van der Waals surface area contributed by atoms with Gasteiger partial charge in [0.15, 0.2) is 0 Å². The fourth-order valence-electron chi connectivity index (χ4n) is 3.65. The lowest BCUT2D eigenvalue weighted by Gasteiger charge is -2.35. The number of hydrogen-bond acceptors (Lipinski definition) is 4. The number of piperazine rings is 1. The fourth-order valence-corrected chi connectivity index (χ4v) is 3.65. The number of carbonyl (C=O) groups excluding carboxylic acids is 1. The van der Waals surface area contributed by atoms with Crippen molar-refractivity contribution in [3.05, 3.63) is 41.1 Å². The minimum absolute atomic E-state index is 0.167. The molecule has 25 heavy (non-hydrogen) atoms. The number of para-hydroxylation sites is 1. The first kappa shape index (κ1) is 17.8. The predicted molar refractivity (Wildman–Crippen MR) is 99.6 cm³/mol. The monoisotopic (exact) mass is 341 g/mol. The lowest BCUT2D eigenvalue weighted by molar-refractivity contribution is -0.132. The topological polar surface area (TPSA) is 56.7 Å². The third-order valence-electron chi connectivity index (χ3n) is 5.06. The average molecular weight is 341 g/mol. The maximum absolute atomic E-state index is 12.8. The third kappa shape index (κ3) is 3.99. The maximum Gasteiger partial charge on any atom is 0.227 e. The zero-order valence-electron chi connectivity index (χ0n) is 15.3. The van der Waals surface area contributed by atoms with Crippen LogP contribution in [-0.2, 0) is 11.2 Å². The van der Waals surface area contributed by atoms with Crippen molar-refractivity contribution in [3.63, 3.8) is 0 Å². The molecule has 5 nitrogen and oxygen atoms in total. The normalized spacial score (nSPS) is 17.0. The molecule has 1 fully saturated rings. The summed E-state index contributed by atoms with van der Waals surface area (Å²) in [7, 11) is 0. The minimum Gasteiger partial charge on any atom is -0.392 e.